The van der Waals surface area contributed by atoms with Crippen molar-refractivity contribution in [1.29, 1.82) is 0 Å². The van der Waals surface area contributed by atoms with Gasteiger partial charge in [0.2, 0.25) is 0 Å². The summed E-state index contributed by atoms with van der Waals surface area (Å²) in [5, 5.41) is 70.3. The third-order valence-corrected chi connectivity index (χ3v) is 1.56. The lowest BCUT2D eigenvalue weighted by atomic mass is 10.5. The first-order chi connectivity index (χ1) is 16.2. The Bertz CT molecular complexity index is 477. The van der Waals surface area contributed by atoms with Gasteiger partial charge in [-0.3, -0.25) is 0 Å². The molecule has 0 unspecified atom stereocenters. The molecule has 0 bridgehead atoms. The second-order valence-electron chi connectivity index (χ2n) is 3.71. The molecule has 0 rings (SSSR count). The summed E-state index contributed by atoms with van der Waals surface area (Å²) >= 11 is 0. The Hall–Kier alpha value is -2.22. The maximum absolute atomic E-state index is 10.9. The third kappa shape index (κ3) is 25.9. The van der Waals surface area contributed by atoms with E-state index in [-0.39, 0.29) is 13.2 Å². The largest absolute Gasteiger partial charge is 0.486 e. The number of carbonyl (C=O) groups excluding carboxylic acids is 2. The molecule has 2 amide bonds. The number of hydrogen-bond acceptors (Lipinski definition) is 23. The van der Waals surface area contributed by atoms with E-state index in [9.17, 15) is 9.59 Å². The van der Waals surface area contributed by atoms with Crippen LogP contribution in [0, 0.1) is 0 Å². The first kappa shape index (κ1) is 30.8. The standard InChI is InChI=1S/C8H14N2O23/c1-3-5-13-7(11)9-10-8(12)15-17-19-21-23-25-27-29-31-33-32-30-28-26-24-22-20-18-16-14-6-4-2/h3-6H2,1-2H3. The predicted octanol–water partition coefficient (Wildman–Crippen LogP) is 1.23. The van der Waals surface area contributed by atoms with Crippen molar-refractivity contribution in [2.45, 2.75) is 26.7 Å². The van der Waals surface area contributed by atoms with Crippen LogP contribution < -0.4 is 0 Å². The lowest BCUT2D eigenvalue weighted by Gasteiger charge is -1.99. The van der Waals surface area contributed by atoms with E-state index in [0.717, 1.165) is 0 Å². The highest BCUT2D eigenvalue weighted by atomic mass is 18.0. The maximum atomic E-state index is 10.9. The minimum absolute atomic E-state index is 0.0793. The maximum Gasteiger partial charge on any atom is 0.486 e. The molecule has 0 N–H and O–H groups in total. The summed E-state index contributed by atoms with van der Waals surface area (Å²) < 4.78 is 4.46. The van der Waals surface area contributed by atoms with Crippen molar-refractivity contribution in [3.8, 4) is 0 Å². The van der Waals surface area contributed by atoms with Crippen molar-refractivity contribution in [2.24, 2.45) is 10.2 Å². The van der Waals surface area contributed by atoms with Crippen molar-refractivity contribution < 1.29 is 115 Å². The number of carbonyl (C=O) groups is 2. The highest BCUT2D eigenvalue weighted by molar-refractivity contribution is 5.72. The predicted molar refractivity (Wildman–Crippen MR) is 68.7 cm³/mol. The van der Waals surface area contributed by atoms with Crippen LogP contribution in [-0.2, 0) is 105 Å². The molecule has 0 aliphatic heterocycles. The van der Waals surface area contributed by atoms with E-state index >= 15 is 0 Å². The first-order valence-corrected chi connectivity index (χ1v) is 7.62. The molecule has 0 saturated carbocycles. The number of rotatable bonds is 23. The number of ether oxygens (including phenoxy) is 1. The van der Waals surface area contributed by atoms with Gasteiger partial charge >= 0.3 is 12.2 Å². The van der Waals surface area contributed by atoms with Crippen LogP contribution in [0.3, 0.4) is 0 Å². The molecular formula is C8H14N2O23. The highest BCUT2D eigenvalue weighted by Crippen LogP contribution is 1.96. The summed E-state index contributed by atoms with van der Waals surface area (Å²) in [4.78, 5) is 29.8. The van der Waals surface area contributed by atoms with E-state index in [1.54, 1.807) is 13.8 Å². The van der Waals surface area contributed by atoms with E-state index in [4.69, 9.17) is 0 Å². The van der Waals surface area contributed by atoms with Gasteiger partial charge < -0.3 is 4.74 Å². The molecule has 0 aromatic heterocycles. The van der Waals surface area contributed by atoms with Crippen molar-refractivity contribution in [3.63, 3.8) is 0 Å². The van der Waals surface area contributed by atoms with Crippen molar-refractivity contribution in [3.05, 3.63) is 0 Å². The van der Waals surface area contributed by atoms with Crippen molar-refractivity contribution in [2.75, 3.05) is 13.2 Å². The van der Waals surface area contributed by atoms with Gasteiger partial charge in [0, 0.05) is 50.4 Å². The van der Waals surface area contributed by atoms with Gasteiger partial charge in [0.15, 0.2) is 0 Å². The zero-order valence-electron chi connectivity index (χ0n) is 16.1. The molecular weight excluding hydrogens is 492 g/mol. The van der Waals surface area contributed by atoms with Gasteiger partial charge in [0.05, 0.1) is 13.2 Å². The van der Waals surface area contributed by atoms with Gasteiger partial charge in [-0.25, -0.2) is 19.4 Å². The summed E-state index contributed by atoms with van der Waals surface area (Å²) in [6, 6.07) is 0. The van der Waals surface area contributed by atoms with E-state index < -0.39 is 12.2 Å². The molecule has 0 saturated heterocycles. The second-order valence-corrected chi connectivity index (χ2v) is 3.71. The average Bonchev–Trinajstić information content (AvgIpc) is 2.82. The van der Waals surface area contributed by atoms with Crippen LogP contribution in [-0.4, -0.2) is 25.4 Å². The highest BCUT2D eigenvalue weighted by Gasteiger charge is 2.06. The first-order valence-electron chi connectivity index (χ1n) is 7.62. The Kier molecular flexibility index (Phi) is 24.3. The number of nitrogens with zero attached hydrogens (tertiary/aromatic N) is 2. The van der Waals surface area contributed by atoms with Crippen LogP contribution in [0.2, 0.25) is 0 Å². The van der Waals surface area contributed by atoms with Crippen molar-refractivity contribution in [1.82, 2.24) is 0 Å². The Morgan fingerprint density at radius 1 is 0.485 bits per heavy atom. The molecule has 25 nitrogen and oxygen atoms in total. The van der Waals surface area contributed by atoms with Crippen LogP contribution >= 0.6 is 0 Å². The van der Waals surface area contributed by atoms with Crippen LogP contribution in [0.5, 0.6) is 0 Å². The number of hydrogen-bond donors (Lipinski definition) is 0. The summed E-state index contributed by atoms with van der Waals surface area (Å²) in [5.41, 5.74) is 0. The van der Waals surface area contributed by atoms with E-state index in [0.29, 0.717) is 12.8 Å². The fraction of sp³-hybridized carbons (Fsp3) is 0.750. The fourth-order valence-electron chi connectivity index (χ4n) is 0.678. The molecule has 33 heavy (non-hydrogen) atoms. The summed E-state index contributed by atoms with van der Waals surface area (Å²) in [7, 11) is 0. The smallest absolute Gasteiger partial charge is 0.447 e. The summed E-state index contributed by atoms with van der Waals surface area (Å²) in [6.07, 6.45) is -1.48. The summed E-state index contributed by atoms with van der Waals surface area (Å²) in [5.74, 6) is 0. The van der Waals surface area contributed by atoms with Crippen LogP contribution in [0.1, 0.15) is 26.7 Å². The van der Waals surface area contributed by atoms with Gasteiger partial charge in [-0.15, -0.1) is 0 Å². The minimum Gasteiger partial charge on any atom is -0.447 e. The average molecular weight is 506 g/mol. The van der Waals surface area contributed by atoms with E-state index in [2.05, 4.69) is 115 Å². The van der Waals surface area contributed by atoms with E-state index in [1.807, 2.05) is 0 Å². The van der Waals surface area contributed by atoms with Crippen LogP contribution in [0.4, 0.5) is 9.59 Å². The van der Waals surface area contributed by atoms with Crippen LogP contribution in [0.15, 0.2) is 10.2 Å². The molecule has 0 fully saturated rings. The SMILES string of the molecule is CCCOOOOOOOOOOOOOOOOOOOOC(=O)N=NC(=O)OCCC. The fourth-order valence-corrected chi connectivity index (χ4v) is 0.678. The topological polar surface area (TPSA) is 253 Å². The Morgan fingerprint density at radius 2 is 0.848 bits per heavy atom. The Labute approximate surface area is 178 Å². The Morgan fingerprint density at radius 3 is 1.27 bits per heavy atom. The second kappa shape index (κ2) is 26.0. The lowest BCUT2D eigenvalue weighted by molar-refractivity contribution is -0.893. The van der Waals surface area contributed by atoms with Gasteiger partial charge in [0.1, 0.15) is 0 Å². The molecule has 0 atom stereocenters. The quantitative estimate of drug-likeness (QED) is 0.0816. The van der Waals surface area contributed by atoms with Gasteiger partial charge in [-0.1, -0.05) is 24.1 Å². The minimum atomic E-state index is -1.53. The molecule has 0 aromatic carbocycles. The molecule has 0 aliphatic carbocycles. The Balaban J connectivity index is 3.20. The van der Waals surface area contributed by atoms with Crippen molar-refractivity contribution >= 4 is 12.2 Å². The molecule has 25 heteroatoms. The normalized spacial score (nSPS) is 11.2. The molecule has 0 aliphatic rings. The molecule has 0 radical (unpaired) electrons. The van der Waals surface area contributed by atoms with E-state index in [1.165, 1.54) is 0 Å². The zero-order chi connectivity index (χ0) is 24.2. The molecule has 0 aromatic rings. The van der Waals surface area contributed by atoms with Crippen LogP contribution in [0.25, 0.3) is 0 Å². The number of azo groups is 1. The van der Waals surface area contributed by atoms with Gasteiger partial charge in [0.25, 0.3) is 0 Å². The summed E-state index contributed by atoms with van der Waals surface area (Å²) in [6.45, 7) is 3.83. The molecule has 0 spiro atoms. The molecule has 0 heterocycles. The molecule has 194 valence electrons. The van der Waals surface area contributed by atoms with Gasteiger partial charge in [-0.2, -0.15) is 0 Å². The third-order valence-electron chi connectivity index (χ3n) is 1.56. The lowest BCUT2D eigenvalue weighted by Crippen LogP contribution is -2.06. The number of amides is 2. The monoisotopic (exact) mass is 506 g/mol. The zero-order valence-corrected chi connectivity index (χ0v) is 16.1. The van der Waals surface area contributed by atoms with Gasteiger partial charge in [-0.05, 0) is 53.1 Å².